The molecule has 0 N–H and O–H groups in total. The lowest BCUT2D eigenvalue weighted by Gasteiger charge is -2.17. The van der Waals surface area contributed by atoms with Gasteiger partial charge in [-0.3, -0.25) is 9.36 Å². The zero-order valence-corrected chi connectivity index (χ0v) is 19.8. The van der Waals surface area contributed by atoms with Crippen molar-refractivity contribution in [3.63, 3.8) is 0 Å². The van der Waals surface area contributed by atoms with Crippen molar-refractivity contribution in [1.29, 1.82) is 0 Å². The van der Waals surface area contributed by atoms with Crippen LogP contribution in [0.4, 0.5) is 0 Å². The molecule has 7 heteroatoms. The van der Waals surface area contributed by atoms with Gasteiger partial charge in [-0.15, -0.1) is 10.2 Å². The van der Waals surface area contributed by atoms with Gasteiger partial charge in [0.25, 0.3) is 0 Å². The number of benzene rings is 3. The highest BCUT2D eigenvalue weighted by molar-refractivity contribution is 8.00. The normalized spacial score (nSPS) is 11.8. The minimum Gasteiger partial charge on any atom is -0.497 e. The summed E-state index contributed by atoms with van der Waals surface area (Å²) in [6.45, 7) is 3.95. The van der Waals surface area contributed by atoms with Crippen LogP contribution in [0.25, 0.3) is 5.69 Å². The number of rotatable bonds is 8. The van der Waals surface area contributed by atoms with Gasteiger partial charge >= 0.3 is 0 Å². The Balaban J connectivity index is 1.75. The van der Waals surface area contributed by atoms with Gasteiger partial charge in [0, 0.05) is 11.3 Å². The van der Waals surface area contributed by atoms with Crippen molar-refractivity contribution in [3.8, 4) is 17.2 Å². The highest BCUT2D eigenvalue weighted by Gasteiger charge is 2.27. The average Bonchev–Trinajstić information content (AvgIpc) is 3.22. The molecular formula is C26H25N3O3S. The standard InChI is InChI=1S/C26H25N3O3S/c1-17-6-5-7-21(16-17)29-18(2)27-28-26(29)33-25(20-10-14-23(32-4)15-11-20)24(30)19-8-12-22(31-3)13-9-19/h5-16,25H,1-4H3/t25-/m1/s1. The SMILES string of the molecule is COc1ccc(C(=O)[C@H](Sc2nnc(C)n2-c2cccc(C)c2)c2ccc(OC)cc2)cc1. The average molecular weight is 460 g/mol. The van der Waals surface area contributed by atoms with Gasteiger partial charge in [0.2, 0.25) is 0 Å². The number of carbonyl (C=O) groups is 1. The van der Waals surface area contributed by atoms with E-state index < -0.39 is 5.25 Å². The van der Waals surface area contributed by atoms with Crippen LogP contribution < -0.4 is 9.47 Å². The summed E-state index contributed by atoms with van der Waals surface area (Å²) in [7, 11) is 3.23. The molecule has 0 saturated carbocycles. The van der Waals surface area contributed by atoms with Crippen molar-refractivity contribution in [2.24, 2.45) is 0 Å². The number of methoxy groups -OCH3 is 2. The van der Waals surface area contributed by atoms with Gasteiger partial charge in [-0.2, -0.15) is 0 Å². The Morgan fingerprint density at radius 2 is 1.52 bits per heavy atom. The van der Waals surface area contributed by atoms with Crippen molar-refractivity contribution in [1.82, 2.24) is 14.8 Å². The molecule has 1 heterocycles. The second kappa shape index (κ2) is 9.92. The molecule has 0 radical (unpaired) electrons. The van der Waals surface area contributed by atoms with Crippen LogP contribution in [0.5, 0.6) is 11.5 Å². The maximum absolute atomic E-state index is 13.7. The number of ether oxygens (including phenoxy) is 2. The van der Waals surface area contributed by atoms with Gasteiger partial charge in [0.15, 0.2) is 10.9 Å². The first-order chi connectivity index (χ1) is 16.0. The molecule has 0 saturated heterocycles. The molecule has 4 aromatic rings. The maximum Gasteiger partial charge on any atom is 0.196 e. The number of thioether (sulfide) groups is 1. The highest BCUT2D eigenvalue weighted by atomic mass is 32.2. The van der Waals surface area contributed by atoms with E-state index in [1.807, 2.05) is 60.9 Å². The molecule has 1 atom stereocenters. The molecule has 0 bridgehead atoms. The van der Waals surface area contributed by atoms with Gasteiger partial charge in [0.05, 0.1) is 14.2 Å². The minimum atomic E-state index is -0.517. The summed E-state index contributed by atoms with van der Waals surface area (Å²) in [6, 6.07) is 22.9. The molecule has 33 heavy (non-hydrogen) atoms. The van der Waals surface area contributed by atoms with E-state index in [0.29, 0.717) is 16.5 Å². The summed E-state index contributed by atoms with van der Waals surface area (Å²) in [6.07, 6.45) is 0. The fourth-order valence-electron chi connectivity index (χ4n) is 3.55. The Morgan fingerprint density at radius 3 is 2.12 bits per heavy atom. The van der Waals surface area contributed by atoms with Crippen LogP contribution in [0.3, 0.4) is 0 Å². The van der Waals surface area contributed by atoms with E-state index in [-0.39, 0.29) is 5.78 Å². The van der Waals surface area contributed by atoms with Crippen molar-refractivity contribution in [3.05, 3.63) is 95.3 Å². The third-order valence-electron chi connectivity index (χ3n) is 5.31. The predicted molar refractivity (Wildman–Crippen MR) is 130 cm³/mol. The lowest BCUT2D eigenvalue weighted by Crippen LogP contribution is -2.11. The Bertz CT molecular complexity index is 1250. The molecule has 0 aliphatic rings. The quantitative estimate of drug-likeness (QED) is 0.252. The van der Waals surface area contributed by atoms with Crippen molar-refractivity contribution in [2.45, 2.75) is 24.3 Å². The van der Waals surface area contributed by atoms with E-state index in [1.54, 1.807) is 38.5 Å². The smallest absolute Gasteiger partial charge is 0.196 e. The fraction of sp³-hybridized carbons (Fsp3) is 0.192. The van der Waals surface area contributed by atoms with Crippen LogP contribution in [0.15, 0.2) is 78.0 Å². The minimum absolute atomic E-state index is 0.0238. The molecule has 4 rings (SSSR count). The third-order valence-corrected chi connectivity index (χ3v) is 6.51. The van der Waals surface area contributed by atoms with Gasteiger partial charge in [-0.05, 0) is 73.5 Å². The van der Waals surface area contributed by atoms with E-state index in [9.17, 15) is 4.79 Å². The Labute approximate surface area is 197 Å². The molecule has 0 fully saturated rings. The van der Waals surface area contributed by atoms with Gasteiger partial charge in [-0.25, -0.2) is 0 Å². The number of hydrogen-bond donors (Lipinski definition) is 0. The topological polar surface area (TPSA) is 66.2 Å². The molecular weight excluding hydrogens is 434 g/mol. The number of ketones is 1. The first kappa shape index (κ1) is 22.6. The monoisotopic (exact) mass is 459 g/mol. The van der Waals surface area contributed by atoms with E-state index in [2.05, 4.69) is 16.3 Å². The number of Topliss-reactive ketones (excluding diaryl/α,β-unsaturated/α-hetero) is 1. The number of carbonyl (C=O) groups excluding carboxylic acids is 1. The predicted octanol–water partition coefficient (Wildman–Crippen LogP) is 5.62. The number of nitrogens with zero attached hydrogens (tertiary/aromatic N) is 3. The van der Waals surface area contributed by atoms with E-state index >= 15 is 0 Å². The van der Waals surface area contributed by atoms with Crippen LogP contribution in [-0.2, 0) is 0 Å². The first-order valence-corrected chi connectivity index (χ1v) is 11.4. The summed E-state index contributed by atoms with van der Waals surface area (Å²) < 4.78 is 12.5. The lowest BCUT2D eigenvalue weighted by molar-refractivity contribution is 0.0989. The molecule has 0 aliphatic carbocycles. The largest absolute Gasteiger partial charge is 0.497 e. The summed E-state index contributed by atoms with van der Waals surface area (Å²) in [5.41, 5.74) is 3.56. The maximum atomic E-state index is 13.7. The second-order valence-electron chi connectivity index (χ2n) is 7.57. The van der Waals surface area contributed by atoms with Gasteiger partial charge in [0.1, 0.15) is 22.6 Å². The number of aryl methyl sites for hydroxylation is 2. The van der Waals surface area contributed by atoms with Crippen molar-refractivity contribution < 1.29 is 14.3 Å². The molecule has 0 spiro atoms. The lowest BCUT2D eigenvalue weighted by atomic mass is 10.0. The Morgan fingerprint density at radius 1 is 0.879 bits per heavy atom. The first-order valence-electron chi connectivity index (χ1n) is 10.5. The molecule has 3 aromatic carbocycles. The van der Waals surface area contributed by atoms with E-state index in [0.717, 1.165) is 28.4 Å². The van der Waals surface area contributed by atoms with Gasteiger partial charge in [-0.1, -0.05) is 36.0 Å². The fourth-order valence-corrected chi connectivity index (χ4v) is 4.73. The van der Waals surface area contributed by atoms with E-state index in [4.69, 9.17) is 9.47 Å². The van der Waals surface area contributed by atoms with Crippen LogP contribution in [-0.4, -0.2) is 34.8 Å². The summed E-state index contributed by atoms with van der Waals surface area (Å²) in [5.74, 6) is 2.17. The number of aromatic nitrogens is 3. The van der Waals surface area contributed by atoms with Crippen LogP contribution in [0, 0.1) is 13.8 Å². The molecule has 0 amide bonds. The summed E-state index contributed by atoms with van der Waals surface area (Å²) in [5, 5.41) is 8.84. The van der Waals surface area contributed by atoms with E-state index in [1.165, 1.54) is 11.8 Å². The van der Waals surface area contributed by atoms with Crippen LogP contribution in [0.2, 0.25) is 0 Å². The number of hydrogen-bond acceptors (Lipinski definition) is 6. The van der Waals surface area contributed by atoms with Crippen LogP contribution in [0.1, 0.15) is 32.6 Å². The molecule has 168 valence electrons. The summed E-state index contributed by atoms with van der Waals surface area (Å²) in [4.78, 5) is 13.7. The third kappa shape index (κ3) is 4.93. The van der Waals surface area contributed by atoms with Crippen molar-refractivity contribution >= 4 is 17.5 Å². The molecule has 0 aliphatic heterocycles. The molecule has 1 aromatic heterocycles. The zero-order valence-electron chi connectivity index (χ0n) is 19.0. The zero-order chi connectivity index (χ0) is 23.4. The second-order valence-corrected chi connectivity index (χ2v) is 8.64. The van der Waals surface area contributed by atoms with Crippen LogP contribution >= 0.6 is 11.8 Å². The van der Waals surface area contributed by atoms with Gasteiger partial charge < -0.3 is 9.47 Å². The highest BCUT2D eigenvalue weighted by Crippen LogP contribution is 2.39. The Hall–Kier alpha value is -3.58. The molecule has 6 nitrogen and oxygen atoms in total. The molecule has 0 unspecified atom stereocenters. The van der Waals surface area contributed by atoms with Crippen molar-refractivity contribution in [2.75, 3.05) is 14.2 Å². The summed E-state index contributed by atoms with van der Waals surface area (Å²) >= 11 is 1.38. The Kier molecular flexibility index (Phi) is 6.79.